The third-order valence-electron chi connectivity index (χ3n) is 4.09. The maximum absolute atomic E-state index is 13.0. The zero-order valence-electron chi connectivity index (χ0n) is 15.8. The molecule has 1 N–H and O–H groups in total. The van der Waals surface area contributed by atoms with Gasteiger partial charge in [0.25, 0.3) is 5.91 Å². The second-order valence-corrected chi connectivity index (χ2v) is 6.42. The number of fused-ring (bicyclic) bond motifs is 1. The van der Waals surface area contributed by atoms with E-state index in [2.05, 4.69) is 24.9 Å². The molecule has 11 heteroatoms. The van der Waals surface area contributed by atoms with Crippen LogP contribution in [0.5, 0.6) is 11.5 Å². The maximum atomic E-state index is 13.0. The first-order valence-corrected chi connectivity index (χ1v) is 9.11. The zero-order chi connectivity index (χ0) is 21.8. The van der Waals surface area contributed by atoms with Gasteiger partial charge >= 0.3 is 12.3 Å². The summed E-state index contributed by atoms with van der Waals surface area (Å²) in [5.41, 5.74) is 0.962. The first kappa shape index (κ1) is 20.3. The lowest BCUT2D eigenvalue weighted by Crippen LogP contribution is -2.25. The number of hydrogen-bond donors (Lipinski definition) is 1. The van der Waals surface area contributed by atoms with Crippen molar-refractivity contribution in [3.05, 3.63) is 54.4 Å². The molecule has 0 unspecified atom stereocenters. The number of ether oxygens (including phenoxy) is 3. The number of rotatable bonds is 7. The summed E-state index contributed by atoms with van der Waals surface area (Å²) in [6.07, 6.45) is -3.67. The minimum Gasteiger partial charge on any atom is -0.456 e. The molecule has 3 aromatic rings. The van der Waals surface area contributed by atoms with E-state index in [0.717, 1.165) is 5.56 Å². The molecule has 0 fully saturated rings. The Morgan fingerprint density at radius 3 is 2.65 bits per heavy atom. The van der Waals surface area contributed by atoms with Crippen molar-refractivity contribution in [3.63, 3.8) is 0 Å². The van der Waals surface area contributed by atoms with Gasteiger partial charge in [-0.1, -0.05) is 35.5 Å². The fraction of sp³-hybridized carbons (Fsp3) is 0.200. The Balaban J connectivity index is 1.22. The van der Waals surface area contributed by atoms with Crippen LogP contribution in [0.2, 0.25) is 0 Å². The minimum absolute atomic E-state index is 0.0667. The number of carbonyl (C=O) groups is 2. The zero-order valence-corrected chi connectivity index (χ0v) is 15.8. The minimum atomic E-state index is -3.75. The van der Waals surface area contributed by atoms with Gasteiger partial charge < -0.3 is 24.1 Å². The lowest BCUT2D eigenvalue weighted by atomic mass is 10.2. The number of hydrogen-bond acceptors (Lipinski definition) is 8. The monoisotopic (exact) mass is 431 g/mol. The molecule has 2 heterocycles. The molecule has 0 saturated heterocycles. The summed E-state index contributed by atoms with van der Waals surface area (Å²) in [6, 6.07) is 13.0. The summed E-state index contributed by atoms with van der Waals surface area (Å²) in [5.74, 6) is -0.981. The first-order valence-electron chi connectivity index (χ1n) is 9.11. The molecule has 160 valence electrons. The van der Waals surface area contributed by atoms with Crippen LogP contribution >= 0.6 is 0 Å². The van der Waals surface area contributed by atoms with E-state index in [1.54, 1.807) is 0 Å². The van der Waals surface area contributed by atoms with Crippen molar-refractivity contribution in [2.45, 2.75) is 19.1 Å². The van der Waals surface area contributed by atoms with Crippen molar-refractivity contribution in [2.24, 2.45) is 0 Å². The highest BCUT2D eigenvalue weighted by Crippen LogP contribution is 2.42. The van der Waals surface area contributed by atoms with Gasteiger partial charge in [-0.25, -0.2) is 0 Å². The van der Waals surface area contributed by atoms with Gasteiger partial charge in [0.05, 0.1) is 6.42 Å². The van der Waals surface area contributed by atoms with Gasteiger partial charge in [-0.2, -0.15) is 4.98 Å². The third kappa shape index (κ3) is 5.13. The van der Waals surface area contributed by atoms with Gasteiger partial charge in [0.2, 0.25) is 11.7 Å². The number of esters is 1. The molecule has 2 aromatic carbocycles. The molecule has 0 radical (unpaired) electrons. The molecule has 9 nitrogen and oxygen atoms in total. The van der Waals surface area contributed by atoms with E-state index in [1.165, 1.54) is 18.2 Å². The number of aryl methyl sites for hydroxylation is 1. The fourth-order valence-corrected chi connectivity index (χ4v) is 2.71. The molecule has 0 atom stereocenters. The summed E-state index contributed by atoms with van der Waals surface area (Å²) >= 11 is 0. The molecule has 1 aliphatic rings. The van der Waals surface area contributed by atoms with Gasteiger partial charge in [0.15, 0.2) is 18.1 Å². The average molecular weight is 431 g/mol. The van der Waals surface area contributed by atoms with E-state index in [0.29, 0.717) is 5.82 Å². The number of benzene rings is 2. The number of nitrogens with one attached hydrogen (secondary N) is 1. The molecule has 31 heavy (non-hydrogen) atoms. The summed E-state index contributed by atoms with van der Waals surface area (Å²) in [4.78, 5) is 28.0. The number of halogens is 2. The second kappa shape index (κ2) is 8.38. The van der Waals surface area contributed by atoms with Gasteiger partial charge in [-0.3, -0.25) is 9.59 Å². The normalized spacial score (nSPS) is 13.6. The van der Waals surface area contributed by atoms with E-state index in [1.807, 2.05) is 30.3 Å². The van der Waals surface area contributed by atoms with E-state index in [9.17, 15) is 18.4 Å². The van der Waals surface area contributed by atoms with Crippen molar-refractivity contribution >= 4 is 17.6 Å². The van der Waals surface area contributed by atoms with Gasteiger partial charge in [0, 0.05) is 23.7 Å². The highest BCUT2D eigenvalue weighted by Gasteiger charge is 2.43. The average Bonchev–Trinajstić information content (AvgIpc) is 3.34. The topological polar surface area (TPSA) is 113 Å². The molecule has 1 aromatic heterocycles. The predicted octanol–water partition coefficient (Wildman–Crippen LogP) is 3.17. The van der Waals surface area contributed by atoms with Crippen molar-refractivity contribution in [3.8, 4) is 22.9 Å². The summed E-state index contributed by atoms with van der Waals surface area (Å²) < 4.78 is 44.6. The quantitative estimate of drug-likeness (QED) is 0.568. The standard InChI is InChI=1S/C20H15F2N3O6/c21-20(22)29-14-7-6-13(10-15(14)30-20)23-16(26)11-28-18(27)9-8-17-24-19(25-31-17)12-4-2-1-3-5-12/h1-7,10H,8-9,11H2,(H,23,26). The Kier molecular flexibility index (Phi) is 5.48. The summed E-state index contributed by atoms with van der Waals surface area (Å²) in [5, 5.41) is 6.26. The van der Waals surface area contributed by atoms with Crippen LogP contribution in [0.25, 0.3) is 11.4 Å². The van der Waals surface area contributed by atoms with Crippen LogP contribution < -0.4 is 14.8 Å². The molecule has 0 aliphatic carbocycles. The van der Waals surface area contributed by atoms with Crippen LogP contribution in [0.4, 0.5) is 14.5 Å². The van der Waals surface area contributed by atoms with Crippen LogP contribution in [-0.2, 0) is 20.7 Å². The van der Waals surface area contributed by atoms with Crippen molar-refractivity contribution in [1.29, 1.82) is 0 Å². The number of aromatic nitrogens is 2. The Hall–Kier alpha value is -4.02. The molecule has 0 spiro atoms. The molecule has 4 rings (SSSR count). The number of amides is 1. The van der Waals surface area contributed by atoms with Crippen LogP contribution in [0, 0.1) is 0 Å². The van der Waals surface area contributed by atoms with Gasteiger partial charge in [-0.05, 0) is 12.1 Å². The highest BCUT2D eigenvalue weighted by molar-refractivity contribution is 5.93. The van der Waals surface area contributed by atoms with Crippen LogP contribution in [0.3, 0.4) is 0 Å². The summed E-state index contributed by atoms with van der Waals surface area (Å²) in [6.45, 7) is -0.553. The molecular weight excluding hydrogens is 416 g/mol. The van der Waals surface area contributed by atoms with E-state index >= 15 is 0 Å². The molecule has 1 aliphatic heterocycles. The Morgan fingerprint density at radius 1 is 1.06 bits per heavy atom. The second-order valence-electron chi connectivity index (χ2n) is 6.42. The van der Waals surface area contributed by atoms with Crippen LogP contribution in [-0.4, -0.2) is 34.9 Å². The molecule has 0 saturated carbocycles. The van der Waals surface area contributed by atoms with E-state index < -0.39 is 24.8 Å². The van der Waals surface area contributed by atoms with Gasteiger partial charge in [-0.15, -0.1) is 8.78 Å². The Bertz CT molecular complexity index is 1100. The number of carbonyl (C=O) groups excluding carboxylic acids is 2. The van der Waals surface area contributed by atoms with E-state index in [-0.39, 0.29) is 35.9 Å². The largest absolute Gasteiger partial charge is 0.586 e. The van der Waals surface area contributed by atoms with Crippen LogP contribution in [0.15, 0.2) is 53.1 Å². The SMILES string of the molecule is O=C(COC(=O)CCc1nc(-c2ccccc2)no1)Nc1ccc2c(c1)OC(F)(F)O2. The number of alkyl halides is 2. The van der Waals surface area contributed by atoms with Crippen LogP contribution in [0.1, 0.15) is 12.3 Å². The first-order chi connectivity index (χ1) is 14.9. The molecule has 0 bridgehead atoms. The lowest BCUT2D eigenvalue weighted by molar-refractivity contribution is -0.286. The molecular formula is C20H15F2N3O6. The predicted molar refractivity (Wildman–Crippen MR) is 100 cm³/mol. The number of anilines is 1. The third-order valence-corrected chi connectivity index (χ3v) is 4.09. The smallest absolute Gasteiger partial charge is 0.456 e. The van der Waals surface area contributed by atoms with Crippen molar-refractivity contribution in [1.82, 2.24) is 10.1 Å². The van der Waals surface area contributed by atoms with E-state index in [4.69, 9.17) is 9.26 Å². The summed E-state index contributed by atoms with van der Waals surface area (Å²) in [7, 11) is 0. The Labute approximate surface area is 173 Å². The maximum Gasteiger partial charge on any atom is 0.586 e. The number of nitrogens with zero attached hydrogens (tertiary/aromatic N) is 2. The lowest BCUT2D eigenvalue weighted by Gasteiger charge is -2.07. The molecule has 1 amide bonds. The Morgan fingerprint density at radius 2 is 1.84 bits per heavy atom. The highest BCUT2D eigenvalue weighted by atomic mass is 19.3. The fourth-order valence-electron chi connectivity index (χ4n) is 2.71. The van der Waals surface area contributed by atoms with Gasteiger partial charge in [0.1, 0.15) is 0 Å². The van der Waals surface area contributed by atoms with Crippen molar-refractivity contribution in [2.75, 3.05) is 11.9 Å². The van der Waals surface area contributed by atoms with Crippen molar-refractivity contribution < 1.29 is 37.1 Å².